The van der Waals surface area contributed by atoms with Crippen LogP contribution in [0.2, 0.25) is 0 Å². The third-order valence-electron chi connectivity index (χ3n) is 26.7. The maximum atomic E-state index is 12.0. The van der Waals surface area contributed by atoms with Crippen LogP contribution >= 0.6 is 12.2 Å². The van der Waals surface area contributed by atoms with Crippen LogP contribution in [0.4, 0.5) is 22.7 Å². The van der Waals surface area contributed by atoms with Gasteiger partial charge >= 0.3 is 11.6 Å². The number of benzene rings is 4. The van der Waals surface area contributed by atoms with E-state index in [1.165, 1.54) is 104 Å². The van der Waals surface area contributed by atoms with Gasteiger partial charge in [0.2, 0.25) is 0 Å². The van der Waals surface area contributed by atoms with Gasteiger partial charge in [-0.1, -0.05) is 124 Å². The Bertz CT molecular complexity index is 5660. The van der Waals surface area contributed by atoms with Crippen LogP contribution in [0, 0.1) is 59.1 Å². The van der Waals surface area contributed by atoms with Gasteiger partial charge in [0.25, 0.3) is 5.70 Å². The molecule has 0 atom stereocenters. The lowest BCUT2D eigenvalue weighted by molar-refractivity contribution is -0.145. The largest absolute Gasteiger partial charge is 0.508 e. The number of nitriles is 3. The number of hydrogen-bond donors (Lipinski definition) is 1. The zero-order valence-electron chi connectivity index (χ0n) is 75.8. The van der Waals surface area contributed by atoms with Gasteiger partial charge in [-0.15, -0.1) is 0 Å². The van der Waals surface area contributed by atoms with E-state index in [1.807, 2.05) is 56.3 Å². The molecule has 18 nitrogen and oxygen atoms in total. The summed E-state index contributed by atoms with van der Waals surface area (Å²) < 4.78 is 34.7. The Morgan fingerprint density at radius 1 is 0.525 bits per heavy atom. The molecule has 1 N–H and O–H groups in total. The molecule has 0 aliphatic carbocycles. The summed E-state index contributed by atoms with van der Waals surface area (Å²) in [4.78, 5) is 45.9. The molecule has 0 fully saturated rings. The Kier molecular flexibility index (Phi) is 25.9. The summed E-state index contributed by atoms with van der Waals surface area (Å²) in [6.07, 6.45) is 19.8. The van der Waals surface area contributed by atoms with Crippen molar-refractivity contribution in [2.45, 2.75) is 275 Å². The van der Waals surface area contributed by atoms with Gasteiger partial charge in [-0.05, 0) is 268 Å². The van der Waals surface area contributed by atoms with E-state index in [0.29, 0.717) is 57.0 Å². The van der Waals surface area contributed by atoms with Gasteiger partial charge in [0.05, 0.1) is 30.8 Å². The van der Waals surface area contributed by atoms with Crippen LogP contribution in [0.25, 0.3) is 32.4 Å². The second kappa shape index (κ2) is 34.5. The lowest BCUT2D eigenvalue weighted by Gasteiger charge is -2.49. The molecule has 2 aromatic heterocycles. The molecule has 122 heavy (non-hydrogen) atoms. The van der Waals surface area contributed by atoms with Crippen LogP contribution in [0.1, 0.15) is 279 Å². The second-order valence-electron chi connectivity index (χ2n) is 39.7. The van der Waals surface area contributed by atoms with E-state index in [-0.39, 0.29) is 79.8 Å². The summed E-state index contributed by atoms with van der Waals surface area (Å²) in [5, 5.41) is 39.9. The number of phenols is 1. The van der Waals surface area contributed by atoms with Gasteiger partial charge in [0.1, 0.15) is 69.9 Å². The number of aromatic hydroxyl groups is 1. The Morgan fingerprint density at radius 3 is 1.39 bits per heavy atom. The van der Waals surface area contributed by atoms with Crippen molar-refractivity contribution in [1.82, 2.24) is 0 Å². The average molecular weight is 1670 g/mol. The Morgan fingerprint density at radius 2 is 0.934 bits per heavy atom. The standard InChI is InChI=1S/C30H31N3O2.C20H25NO2.C20H25NOS.C16H23NO.C10H8N2O.C6H10O3.CH4/c1-18-11-22(14-23-13-20(12-19(2)34-23)21(16-31)17-32)35-28-24(18)15-25-27-26(28)30(5,6)8-10-33(27)9-7-29(25,3)4;1-12-10-15(22)23-18-13(12)11-14-17-16(18)20(4,5)7-9-21(17)8-6-19(14,2)3;1-12-10-15(23)22-18-13(12)11-14-17-16(18)20(4,5)7-9-21(17)8-6-19(14,2)3;1-15(2)7-9-17-10-8-16(3,4)13-12(18)6-5-11(15)14(13)17;1-7-4-9(5-8(2)13-7)10(6-11)12-3;1-3-9-6(8)4-5(2)7;/h11-15H,7-10H2,1-6H3;2*10-11H,6-9H2,1-5H3;5-6,18H,7-10H2,1-4H3;4-5H,1-2H3;3-4H2,1-2H3;1H4/b22-14+;;;;;;. The molecule has 0 amide bonds. The first-order chi connectivity index (χ1) is 56.6. The minimum Gasteiger partial charge on any atom is -0.508 e. The number of esters is 1. The molecular weight excluding hydrogens is 1540 g/mol. The molecule has 644 valence electrons. The smallest absolute Gasteiger partial charge is 0.336 e. The SMILES string of the molecule is C.CC1(C)CCN2CCC(C)(C)c3c(O)ccc1c32.CC1=CC(=C(C#N)C#N)C=C(/C=C2\C=C(C)c3cc4c5c(c3O2)C(C)(C)CCN5CCC4(C)C)O1.CCOC(=O)CC(C)=O.Cc1cc(=O)oc2c3c4c(cc12)C(C)(C)CCN4CCC3(C)C.Cc1cc(=S)oc2c3c4c(cc12)C(C)(C)CCN4CCC3(C)C.[C-]#[N+]C(C#N)=C1C=C(C)OC(C)=C1. The number of nitrogens with zero attached hydrogens (tertiary/aromatic N) is 8. The number of fused-ring (bicyclic) bond motifs is 6. The van der Waals surface area contributed by atoms with E-state index in [9.17, 15) is 30.0 Å². The van der Waals surface area contributed by atoms with Crippen LogP contribution in [0.15, 0.2) is 144 Å². The molecule has 0 radical (unpaired) electrons. The predicted molar refractivity (Wildman–Crippen MR) is 494 cm³/mol. The van der Waals surface area contributed by atoms with E-state index >= 15 is 0 Å². The summed E-state index contributed by atoms with van der Waals surface area (Å²) in [5.74, 6) is 4.07. The van der Waals surface area contributed by atoms with Crippen molar-refractivity contribution in [2.24, 2.45) is 0 Å². The van der Waals surface area contributed by atoms with Crippen molar-refractivity contribution in [1.29, 1.82) is 15.8 Å². The van der Waals surface area contributed by atoms with E-state index in [0.717, 1.165) is 123 Å². The third kappa shape index (κ3) is 18.2. The first kappa shape index (κ1) is 91.9. The molecule has 4 aromatic carbocycles. The Hall–Kier alpha value is -10.9. The van der Waals surface area contributed by atoms with Crippen molar-refractivity contribution < 1.29 is 42.5 Å². The van der Waals surface area contributed by atoms with Crippen LogP contribution in [-0.4, -0.2) is 75.8 Å². The highest BCUT2D eigenvalue weighted by Gasteiger charge is 2.48. The van der Waals surface area contributed by atoms with Crippen LogP contribution < -0.4 is 30.0 Å². The van der Waals surface area contributed by atoms with Gasteiger partial charge in [-0.25, -0.2) is 14.9 Å². The van der Waals surface area contributed by atoms with Crippen molar-refractivity contribution in [3.63, 3.8) is 0 Å². The number of ketones is 1. The molecule has 19 heteroatoms. The van der Waals surface area contributed by atoms with Crippen LogP contribution in [0.3, 0.4) is 0 Å². The molecule has 11 aliphatic rings. The fraction of sp³-hybridized carbons (Fsp3) is 0.495. The number of carbonyl (C=O) groups excluding carboxylic acids is 2. The molecular formula is C103H126N8O10S. The molecule has 0 spiro atoms. The Labute approximate surface area is 729 Å². The average Bonchev–Trinajstić information content (AvgIpc) is 0.716. The summed E-state index contributed by atoms with van der Waals surface area (Å²) in [6, 6.07) is 20.4. The molecule has 0 saturated carbocycles. The Balaban J connectivity index is 0.000000149. The number of Topliss-reactive ketones (excluding diaryl/α,β-unsaturated/α-hetero) is 1. The van der Waals surface area contributed by atoms with Crippen LogP contribution in [-0.2, 0) is 67.1 Å². The van der Waals surface area contributed by atoms with Gasteiger partial charge in [-0.2, -0.15) is 10.5 Å². The predicted octanol–water partition coefficient (Wildman–Crippen LogP) is 23.9. The summed E-state index contributed by atoms with van der Waals surface area (Å²) in [5.41, 5.74) is 24.6. The number of hydrogen-bond acceptors (Lipinski definition) is 18. The maximum Gasteiger partial charge on any atom is 0.336 e. The molecule has 13 heterocycles. The van der Waals surface area contributed by atoms with Crippen molar-refractivity contribution in [3.8, 4) is 29.7 Å². The number of rotatable bonds is 4. The molecule has 17 rings (SSSR count). The summed E-state index contributed by atoms with van der Waals surface area (Å²) >= 11 is 5.38. The normalized spacial score (nSPS) is 20.1. The first-order valence-electron chi connectivity index (χ1n) is 42.9. The van der Waals surface area contributed by atoms with E-state index < -0.39 is 5.97 Å². The fourth-order valence-electron chi connectivity index (χ4n) is 19.3. The maximum absolute atomic E-state index is 12.0. The van der Waals surface area contributed by atoms with E-state index in [4.69, 9.17) is 47.1 Å². The highest BCUT2D eigenvalue weighted by Crippen LogP contribution is 2.59. The van der Waals surface area contributed by atoms with Crippen molar-refractivity contribution >= 4 is 74.2 Å². The minimum atomic E-state index is -0.440. The van der Waals surface area contributed by atoms with Gasteiger partial charge in [0, 0.05) is 131 Å². The number of carbonyl (C=O) groups is 2. The van der Waals surface area contributed by atoms with Crippen LogP contribution in [0.5, 0.6) is 11.5 Å². The monoisotopic (exact) mass is 1670 g/mol. The lowest BCUT2D eigenvalue weighted by Crippen LogP contribution is -2.45. The quantitative estimate of drug-likeness (QED) is 0.0432. The topological polar surface area (TPSA) is 223 Å². The molecule has 0 saturated heterocycles. The van der Waals surface area contributed by atoms with Gasteiger partial charge < -0.3 is 52.5 Å². The molecule has 0 bridgehead atoms. The summed E-state index contributed by atoms with van der Waals surface area (Å²) in [7, 11) is 0. The van der Waals surface area contributed by atoms with E-state index in [2.05, 4.69) is 178 Å². The second-order valence-corrected chi connectivity index (χ2v) is 40.1. The zero-order valence-corrected chi connectivity index (χ0v) is 76.7. The van der Waals surface area contributed by atoms with Crippen molar-refractivity contribution in [3.05, 3.63) is 218 Å². The van der Waals surface area contributed by atoms with Gasteiger partial charge in [-0.3, -0.25) is 9.59 Å². The minimum absolute atomic E-state index is 0. The number of ether oxygens (including phenoxy) is 4. The number of allylic oxidation sites excluding steroid dienone is 14. The first-order valence-corrected chi connectivity index (χ1v) is 43.3. The highest BCUT2D eigenvalue weighted by molar-refractivity contribution is 7.71. The highest BCUT2D eigenvalue weighted by atomic mass is 32.1. The van der Waals surface area contributed by atoms with E-state index in [1.54, 1.807) is 51.1 Å². The number of aryl methyl sites for hydroxylation is 2. The molecule has 6 aromatic rings. The number of phenolic OH excluding ortho intramolecular Hbond substituents is 1. The van der Waals surface area contributed by atoms with Crippen molar-refractivity contribution in [2.75, 3.05) is 78.6 Å². The molecule has 11 aliphatic heterocycles. The number of anilines is 4. The fourth-order valence-corrected chi connectivity index (χ4v) is 19.6. The third-order valence-corrected chi connectivity index (χ3v) is 26.9. The van der Waals surface area contributed by atoms with Gasteiger partial charge in [0.15, 0.2) is 4.71 Å². The lowest BCUT2D eigenvalue weighted by atomic mass is 9.68. The summed E-state index contributed by atoms with van der Waals surface area (Å²) in [6.45, 7) is 67.9. The molecule has 0 unspecified atom stereocenters. The zero-order chi connectivity index (χ0) is 88.5.